The van der Waals surface area contributed by atoms with Crippen molar-refractivity contribution in [2.45, 2.75) is 24.9 Å². The molecule has 1 heterocycles. The van der Waals surface area contributed by atoms with Gasteiger partial charge in [0.05, 0.1) is 6.10 Å². The van der Waals surface area contributed by atoms with Gasteiger partial charge in [0.25, 0.3) is 0 Å². The van der Waals surface area contributed by atoms with Crippen LogP contribution in [-0.4, -0.2) is 43.7 Å². The molecule has 0 radical (unpaired) electrons. The van der Waals surface area contributed by atoms with Crippen LogP contribution < -0.4 is 5.32 Å². The van der Waals surface area contributed by atoms with Crippen molar-refractivity contribution in [2.75, 3.05) is 33.7 Å². The molecule has 0 saturated carbocycles. The number of nitrogens with zero attached hydrogens (tertiary/aromatic N) is 1. The van der Waals surface area contributed by atoms with Crippen LogP contribution in [-0.2, 0) is 0 Å². The fraction of sp³-hybridized carbons (Fsp3) is 0.600. The molecule has 0 amide bonds. The minimum absolute atomic E-state index is 0.437. The smallest absolute Gasteiger partial charge is 0.0914 e. The summed E-state index contributed by atoms with van der Waals surface area (Å²) >= 11 is 3.67. The molecular formula is C15H23BrN2O. The molecule has 2 N–H and O–H groups in total. The van der Waals surface area contributed by atoms with Gasteiger partial charge in [0, 0.05) is 11.0 Å². The summed E-state index contributed by atoms with van der Waals surface area (Å²) in [7, 11) is 4.04. The molecule has 1 aliphatic heterocycles. The molecule has 0 aliphatic carbocycles. The average Bonchev–Trinajstić information content (AvgIpc) is 2.40. The quantitative estimate of drug-likeness (QED) is 0.892. The number of rotatable bonds is 4. The lowest BCUT2D eigenvalue weighted by Crippen LogP contribution is -2.29. The van der Waals surface area contributed by atoms with Crippen molar-refractivity contribution < 1.29 is 5.11 Å². The highest BCUT2D eigenvalue weighted by Crippen LogP contribution is 2.34. The van der Waals surface area contributed by atoms with Crippen LogP contribution in [0.4, 0.5) is 0 Å². The Morgan fingerprint density at radius 1 is 1.42 bits per heavy atom. The Morgan fingerprint density at radius 3 is 2.68 bits per heavy atom. The van der Waals surface area contributed by atoms with Crippen molar-refractivity contribution in [1.82, 2.24) is 10.2 Å². The van der Waals surface area contributed by atoms with Crippen molar-refractivity contribution >= 4 is 15.9 Å². The summed E-state index contributed by atoms with van der Waals surface area (Å²) in [5, 5.41) is 13.0. The zero-order chi connectivity index (χ0) is 13.8. The molecular weight excluding hydrogens is 304 g/mol. The van der Waals surface area contributed by atoms with Crippen molar-refractivity contribution in [2.24, 2.45) is 0 Å². The molecule has 1 atom stereocenters. The Bertz CT molecular complexity index is 417. The van der Waals surface area contributed by atoms with Gasteiger partial charge in [-0.05, 0) is 63.1 Å². The van der Waals surface area contributed by atoms with Crippen molar-refractivity contribution in [3.8, 4) is 0 Å². The Morgan fingerprint density at radius 2 is 2.11 bits per heavy atom. The molecule has 1 aliphatic rings. The maximum absolute atomic E-state index is 9.99. The number of aliphatic hydroxyl groups is 1. The standard InChI is InChI=1S/C15H23BrN2O/c1-17-10-15(19)12-3-4-13(14(16)9-12)11-5-7-18(2)8-6-11/h3-4,9,11,15,17,19H,5-8,10H2,1-2H3. The first-order chi connectivity index (χ1) is 9.11. The number of hydrogen-bond acceptors (Lipinski definition) is 3. The molecule has 4 heteroatoms. The van der Waals surface area contributed by atoms with E-state index >= 15 is 0 Å². The number of likely N-dealkylation sites (tertiary alicyclic amines) is 1. The number of hydrogen-bond donors (Lipinski definition) is 2. The summed E-state index contributed by atoms with van der Waals surface area (Å²) in [5.74, 6) is 0.640. The average molecular weight is 327 g/mol. The van der Waals surface area contributed by atoms with Gasteiger partial charge in [-0.2, -0.15) is 0 Å². The normalized spacial score (nSPS) is 19.6. The minimum Gasteiger partial charge on any atom is -0.387 e. The topological polar surface area (TPSA) is 35.5 Å². The van der Waals surface area contributed by atoms with E-state index in [0.29, 0.717) is 12.5 Å². The molecule has 1 unspecified atom stereocenters. The molecule has 1 aromatic carbocycles. The highest BCUT2D eigenvalue weighted by atomic mass is 79.9. The van der Waals surface area contributed by atoms with E-state index in [1.54, 1.807) is 0 Å². The Balaban J connectivity index is 2.10. The molecule has 0 aromatic heterocycles. The maximum Gasteiger partial charge on any atom is 0.0914 e. The summed E-state index contributed by atoms with van der Waals surface area (Å²) in [6.45, 7) is 2.92. The zero-order valence-corrected chi connectivity index (χ0v) is 13.3. The first kappa shape index (κ1) is 15.0. The Kier molecular flexibility index (Phi) is 5.39. The third-order valence-corrected chi connectivity index (χ3v) is 4.65. The van der Waals surface area contributed by atoms with Gasteiger partial charge < -0.3 is 15.3 Å². The number of aliphatic hydroxyl groups excluding tert-OH is 1. The summed E-state index contributed by atoms with van der Waals surface area (Å²) in [6.07, 6.45) is 1.99. The first-order valence-corrected chi connectivity index (χ1v) is 7.71. The number of benzene rings is 1. The molecule has 0 bridgehead atoms. The largest absolute Gasteiger partial charge is 0.387 e. The molecule has 3 nitrogen and oxygen atoms in total. The van der Waals surface area contributed by atoms with E-state index in [9.17, 15) is 5.11 Å². The third-order valence-electron chi connectivity index (χ3n) is 3.97. The monoisotopic (exact) mass is 326 g/mol. The van der Waals surface area contributed by atoms with Crippen LogP contribution in [0.3, 0.4) is 0 Å². The molecule has 106 valence electrons. The molecule has 0 spiro atoms. The van der Waals surface area contributed by atoms with E-state index in [2.05, 4.69) is 51.4 Å². The summed E-state index contributed by atoms with van der Waals surface area (Å²) in [6, 6.07) is 6.30. The second-order valence-corrected chi connectivity index (χ2v) is 6.29. The summed E-state index contributed by atoms with van der Waals surface area (Å²) in [5.41, 5.74) is 2.35. The minimum atomic E-state index is -0.437. The van der Waals surface area contributed by atoms with Gasteiger partial charge >= 0.3 is 0 Å². The van der Waals surface area contributed by atoms with E-state index in [1.165, 1.54) is 31.5 Å². The van der Waals surface area contributed by atoms with Gasteiger partial charge in [0.15, 0.2) is 0 Å². The SMILES string of the molecule is CNCC(O)c1ccc(C2CCN(C)CC2)c(Br)c1. The van der Waals surface area contributed by atoms with Crippen molar-refractivity contribution in [3.05, 3.63) is 33.8 Å². The number of halogens is 1. The van der Waals surface area contributed by atoms with Crippen LogP contribution in [0.25, 0.3) is 0 Å². The lowest BCUT2D eigenvalue weighted by molar-refractivity contribution is 0.177. The highest BCUT2D eigenvalue weighted by Gasteiger charge is 2.20. The van der Waals surface area contributed by atoms with Crippen LogP contribution in [0.5, 0.6) is 0 Å². The van der Waals surface area contributed by atoms with E-state index in [4.69, 9.17) is 0 Å². The zero-order valence-electron chi connectivity index (χ0n) is 11.7. The van der Waals surface area contributed by atoms with Crippen LogP contribution in [0.15, 0.2) is 22.7 Å². The van der Waals surface area contributed by atoms with Crippen molar-refractivity contribution in [3.63, 3.8) is 0 Å². The van der Waals surface area contributed by atoms with Crippen LogP contribution in [0.1, 0.15) is 36.0 Å². The highest BCUT2D eigenvalue weighted by molar-refractivity contribution is 9.10. The van der Waals surface area contributed by atoms with Crippen molar-refractivity contribution in [1.29, 1.82) is 0 Å². The second kappa shape index (κ2) is 6.84. The Labute approximate surface area is 124 Å². The van der Waals surface area contributed by atoms with E-state index < -0.39 is 6.10 Å². The number of piperidine rings is 1. The molecule has 1 saturated heterocycles. The maximum atomic E-state index is 9.99. The van der Waals surface area contributed by atoms with Crippen LogP contribution in [0.2, 0.25) is 0 Å². The lowest BCUT2D eigenvalue weighted by atomic mass is 9.89. The second-order valence-electron chi connectivity index (χ2n) is 5.43. The van der Waals surface area contributed by atoms with Gasteiger partial charge in [-0.1, -0.05) is 28.1 Å². The summed E-state index contributed by atoms with van der Waals surface area (Å²) in [4.78, 5) is 2.38. The molecule has 1 aromatic rings. The third kappa shape index (κ3) is 3.78. The van der Waals surface area contributed by atoms with Gasteiger partial charge in [-0.25, -0.2) is 0 Å². The van der Waals surface area contributed by atoms with Gasteiger partial charge in [-0.3, -0.25) is 0 Å². The fourth-order valence-corrected chi connectivity index (χ4v) is 3.43. The van der Waals surface area contributed by atoms with E-state index in [0.717, 1.165) is 10.0 Å². The first-order valence-electron chi connectivity index (χ1n) is 6.92. The fourth-order valence-electron chi connectivity index (χ4n) is 2.71. The summed E-state index contributed by atoms with van der Waals surface area (Å²) < 4.78 is 1.13. The lowest BCUT2D eigenvalue weighted by Gasteiger charge is -2.30. The van der Waals surface area contributed by atoms with E-state index in [1.807, 2.05) is 7.05 Å². The van der Waals surface area contributed by atoms with Gasteiger partial charge in [-0.15, -0.1) is 0 Å². The van der Waals surface area contributed by atoms with Crippen LogP contribution >= 0.6 is 15.9 Å². The predicted octanol–water partition coefficient (Wildman–Crippen LogP) is 2.51. The number of nitrogens with one attached hydrogen (secondary N) is 1. The van der Waals surface area contributed by atoms with E-state index in [-0.39, 0.29) is 0 Å². The molecule has 19 heavy (non-hydrogen) atoms. The predicted molar refractivity (Wildman–Crippen MR) is 82.5 cm³/mol. The van der Waals surface area contributed by atoms with Gasteiger partial charge in [0.2, 0.25) is 0 Å². The number of likely N-dealkylation sites (N-methyl/N-ethyl adjacent to an activating group) is 1. The molecule has 2 rings (SSSR count). The molecule has 1 fully saturated rings. The Hall–Kier alpha value is -0.420. The van der Waals surface area contributed by atoms with Crippen LogP contribution in [0, 0.1) is 0 Å². The van der Waals surface area contributed by atoms with Gasteiger partial charge in [0.1, 0.15) is 0 Å².